The summed E-state index contributed by atoms with van der Waals surface area (Å²) in [5, 5.41) is 0. The summed E-state index contributed by atoms with van der Waals surface area (Å²) in [5.41, 5.74) is 1.31. The highest BCUT2D eigenvalue weighted by molar-refractivity contribution is 5.33. The second kappa shape index (κ2) is 6.40. The highest BCUT2D eigenvalue weighted by atomic mass is 79.9. The molecule has 0 aliphatic carbocycles. The van der Waals surface area contributed by atoms with Crippen molar-refractivity contribution in [3.8, 4) is 0 Å². The Labute approximate surface area is 113 Å². The third kappa shape index (κ3) is 3.07. The van der Waals surface area contributed by atoms with Crippen LogP contribution in [-0.4, -0.2) is 4.57 Å². The average Bonchev–Trinajstić information content (AvgIpc) is 2.72. The van der Waals surface area contributed by atoms with Crippen molar-refractivity contribution in [3.63, 3.8) is 0 Å². The van der Waals surface area contributed by atoms with Gasteiger partial charge in [-0.1, -0.05) is 36.9 Å². The Kier molecular flexibility index (Phi) is 5.16. The summed E-state index contributed by atoms with van der Waals surface area (Å²) >= 11 is 0. The van der Waals surface area contributed by atoms with Crippen LogP contribution < -0.4 is 21.5 Å². The predicted octanol–water partition coefficient (Wildman–Crippen LogP) is -0.509. The quantitative estimate of drug-likeness (QED) is 0.672. The first-order valence-corrected chi connectivity index (χ1v) is 5.60. The summed E-state index contributed by atoms with van der Waals surface area (Å²) in [6, 6.07) is 10.5. The van der Waals surface area contributed by atoms with Crippen LogP contribution >= 0.6 is 0 Å². The minimum atomic E-state index is 0. The molecular weight excluding hydrogens is 276 g/mol. The van der Waals surface area contributed by atoms with E-state index in [-0.39, 0.29) is 17.0 Å². The molecule has 0 N–H and O–H groups in total. The minimum Gasteiger partial charge on any atom is -1.00 e. The van der Waals surface area contributed by atoms with Crippen LogP contribution in [0.4, 0.5) is 0 Å². The number of benzene rings is 1. The molecule has 90 valence electrons. The van der Waals surface area contributed by atoms with E-state index in [0.717, 1.165) is 18.9 Å². The lowest BCUT2D eigenvalue weighted by Crippen LogP contribution is -3.00. The van der Waals surface area contributed by atoms with E-state index in [9.17, 15) is 0 Å². The molecule has 0 saturated carbocycles. The lowest BCUT2D eigenvalue weighted by molar-refractivity contribution is -0.689. The van der Waals surface area contributed by atoms with Crippen LogP contribution in [0, 0.1) is 0 Å². The molecule has 1 aromatic heterocycles. The summed E-state index contributed by atoms with van der Waals surface area (Å²) < 4.78 is 4.40. The maximum atomic E-state index is 3.87. The first-order valence-electron chi connectivity index (χ1n) is 5.60. The standard InChI is InChI=1S/C14H17N2.BrH/c1-3-14-15(4-2)10-11-16(14)12-13-8-6-5-7-9-13;/h3,5-11H,1,4,12H2,2H3;1H/q+1;/p-1. The normalized spacial score (nSPS) is 9.71. The fourth-order valence-electron chi connectivity index (χ4n) is 1.89. The highest BCUT2D eigenvalue weighted by Gasteiger charge is 2.12. The largest absolute Gasteiger partial charge is 1.00 e. The van der Waals surface area contributed by atoms with E-state index in [4.69, 9.17) is 0 Å². The third-order valence-electron chi connectivity index (χ3n) is 2.73. The van der Waals surface area contributed by atoms with Gasteiger partial charge in [-0.25, -0.2) is 9.13 Å². The number of hydrogen-bond donors (Lipinski definition) is 0. The second-order valence-corrected chi connectivity index (χ2v) is 3.76. The van der Waals surface area contributed by atoms with Crippen LogP contribution in [0.3, 0.4) is 0 Å². The van der Waals surface area contributed by atoms with Crippen molar-refractivity contribution in [2.24, 2.45) is 0 Å². The molecule has 0 aliphatic rings. The van der Waals surface area contributed by atoms with Crippen molar-refractivity contribution in [1.29, 1.82) is 0 Å². The summed E-state index contributed by atoms with van der Waals surface area (Å²) in [4.78, 5) is 0. The van der Waals surface area contributed by atoms with Gasteiger partial charge >= 0.3 is 0 Å². The number of halogens is 1. The van der Waals surface area contributed by atoms with Crippen LogP contribution in [0.15, 0.2) is 49.3 Å². The Morgan fingerprint density at radius 2 is 2.00 bits per heavy atom. The van der Waals surface area contributed by atoms with Gasteiger partial charge in [0.05, 0.1) is 6.54 Å². The van der Waals surface area contributed by atoms with Crippen LogP contribution in [-0.2, 0) is 13.1 Å². The zero-order chi connectivity index (χ0) is 11.4. The van der Waals surface area contributed by atoms with Gasteiger partial charge in [-0.05, 0) is 12.5 Å². The first-order chi connectivity index (χ1) is 7.85. The van der Waals surface area contributed by atoms with E-state index in [0.29, 0.717) is 0 Å². The molecule has 0 radical (unpaired) electrons. The van der Waals surface area contributed by atoms with Crippen molar-refractivity contribution in [1.82, 2.24) is 4.57 Å². The Hall–Kier alpha value is -1.35. The van der Waals surface area contributed by atoms with Gasteiger partial charge in [-0.2, -0.15) is 0 Å². The van der Waals surface area contributed by atoms with E-state index in [2.05, 4.69) is 59.3 Å². The summed E-state index contributed by atoms with van der Waals surface area (Å²) in [6.07, 6.45) is 6.11. The smallest absolute Gasteiger partial charge is 0.281 e. The second-order valence-electron chi connectivity index (χ2n) is 3.76. The molecule has 2 rings (SSSR count). The zero-order valence-electron chi connectivity index (χ0n) is 10.0. The Balaban J connectivity index is 0.00000144. The molecule has 17 heavy (non-hydrogen) atoms. The van der Waals surface area contributed by atoms with Crippen LogP contribution in [0.1, 0.15) is 18.3 Å². The summed E-state index contributed by atoms with van der Waals surface area (Å²) in [5.74, 6) is 1.16. The summed E-state index contributed by atoms with van der Waals surface area (Å²) in [7, 11) is 0. The van der Waals surface area contributed by atoms with Gasteiger partial charge in [-0.3, -0.25) is 0 Å². The Bertz CT molecular complexity index is 474. The lowest BCUT2D eigenvalue weighted by Gasteiger charge is -2.00. The lowest BCUT2D eigenvalue weighted by atomic mass is 10.2. The summed E-state index contributed by atoms with van der Waals surface area (Å²) in [6.45, 7) is 7.88. The topological polar surface area (TPSA) is 8.81 Å². The van der Waals surface area contributed by atoms with E-state index >= 15 is 0 Å². The van der Waals surface area contributed by atoms with Gasteiger partial charge in [0.1, 0.15) is 18.9 Å². The molecule has 0 spiro atoms. The van der Waals surface area contributed by atoms with E-state index in [1.54, 1.807) is 0 Å². The third-order valence-corrected chi connectivity index (χ3v) is 2.73. The molecule has 0 amide bonds. The Morgan fingerprint density at radius 3 is 2.59 bits per heavy atom. The van der Waals surface area contributed by atoms with Crippen molar-refractivity contribution in [2.45, 2.75) is 20.0 Å². The van der Waals surface area contributed by atoms with Gasteiger partial charge in [-0.15, -0.1) is 0 Å². The number of hydrogen-bond acceptors (Lipinski definition) is 0. The molecule has 0 saturated heterocycles. The number of aryl methyl sites for hydroxylation is 1. The van der Waals surface area contributed by atoms with E-state index < -0.39 is 0 Å². The molecule has 0 bridgehead atoms. The molecule has 1 heterocycles. The number of aromatic nitrogens is 2. The molecule has 0 atom stereocenters. The fraction of sp³-hybridized carbons (Fsp3) is 0.214. The van der Waals surface area contributed by atoms with Crippen molar-refractivity contribution in [3.05, 3.63) is 60.7 Å². The molecule has 2 aromatic rings. The van der Waals surface area contributed by atoms with Crippen LogP contribution in [0.5, 0.6) is 0 Å². The molecule has 0 fully saturated rings. The molecule has 0 aliphatic heterocycles. The van der Waals surface area contributed by atoms with Gasteiger partial charge in [0.25, 0.3) is 5.82 Å². The zero-order valence-corrected chi connectivity index (χ0v) is 11.6. The molecule has 2 nitrogen and oxygen atoms in total. The molecular formula is C14H17BrN2. The SMILES string of the molecule is C=Cc1n(CC)cc[n+]1Cc1ccccc1.[Br-]. The Morgan fingerprint density at radius 1 is 1.29 bits per heavy atom. The van der Waals surface area contributed by atoms with E-state index in [1.807, 2.05) is 12.1 Å². The maximum Gasteiger partial charge on any atom is 0.281 e. The monoisotopic (exact) mass is 292 g/mol. The van der Waals surface area contributed by atoms with Crippen molar-refractivity contribution >= 4 is 6.08 Å². The van der Waals surface area contributed by atoms with Gasteiger partial charge < -0.3 is 17.0 Å². The van der Waals surface area contributed by atoms with E-state index in [1.165, 1.54) is 5.56 Å². The fourth-order valence-corrected chi connectivity index (χ4v) is 1.89. The van der Waals surface area contributed by atoms with Crippen molar-refractivity contribution in [2.75, 3.05) is 0 Å². The van der Waals surface area contributed by atoms with Crippen LogP contribution in [0.2, 0.25) is 0 Å². The maximum absolute atomic E-state index is 3.87. The van der Waals surface area contributed by atoms with Crippen molar-refractivity contribution < 1.29 is 21.5 Å². The van der Waals surface area contributed by atoms with Gasteiger partial charge in [0.2, 0.25) is 0 Å². The molecule has 0 unspecified atom stereocenters. The van der Waals surface area contributed by atoms with Gasteiger partial charge in [0.15, 0.2) is 0 Å². The average molecular weight is 293 g/mol. The molecule has 1 aromatic carbocycles. The predicted molar refractivity (Wildman–Crippen MR) is 65.9 cm³/mol. The first kappa shape index (κ1) is 13.7. The number of rotatable bonds is 4. The van der Waals surface area contributed by atoms with Crippen LogP contribution in [0.25, 0.3) is 6.08 Å². The number of imidazole rings is 1. The number of nitrogens with zero attached hydrogens (tertiary/aromatic N) is 2. The minimum absolute atomic E-state index is 0. The highest BCUT2D eigenvalue weighted by Crippen LogP contribution is 2.01. The molecule has 3 heteroatoms. The van der Waals surface area contributed by atoms with Gasteiger partial charge in [0, 0.05) is 6.08 Å².